The highest BCUT2D eigenvalue weighted by atomic mass is 16.4. The van der Waals surface area contributed by atoms with E-state index in [0.29, 0.717) is 6.04 Å². The third-order valence-corrected chi connectivity index (χ3v) is 4.67. The predicted octanol–water partition coefficient (Wildman–Crippen LogP) is 1.62. The zero-order chi connectivity index (χ0) is 13.6. The fourth-order valence-electron chi connectivity index (χ4n) is 3.75. The zero-order valence-corrected chi connectivity index (χ0v) is 11.4. The lowest BCUT2D eigenvalue weighted by Gasteiger charge is -2.49. The summed E-state index contributed by atoms with van der Waals surface area (Å²) in [5.41, 5.74) is 2.05. The van der Waals surface area contributed by atoms with Crippen molar-refractivity contribution in [3.8, 4) is 0 Å². The van der Waals surface area contributed by atoms with Gasteiger partial charge in [-0.05, 0) is 31.6 Å². The van der Waals surface area contributed by atoms with Crippen molar-refractivity contribution < 1.29 is 9.90 Å². The molecule has 2 aliphatic heterocycles. The largest absolute Gasteiger partial charge is 0.481 e. The van der Waals surface area contributed by atoms with E-state index in [2.05, 4.69) is 23.9 Å². The van der Waals surface area contributed by atoms with E-state index in [1.165, 1.54) is 0 Å². The molecule has 102 valence electrons. The second kappa shape index (κ2) is 4.53. The van der Waals surface area contributed by atoms with Crippen molar-refractivity contribution >= 4 is 11.7 Å². The van der Waals surface area contributed by atoms with Gasteiger partial charge < -0.3 is 14.9 Å². The molecule has 0 amide bonds. The average Bonchev–Trinajstić information content (AvgIpc) is 2.38. The van der Waals surface area contributed by atoms with E-state index in [0.717, 1.165) is 30.8 Å². The minimum atomic E-state index is -0.689. The fraction of sp³-hybridized carbons (Fsp3) is 0.533. The number of piperidine rings is 1. The van der Waals surface area contributed by atoms with Gasteiger partial charge in [0.05, 0.1) is 5.92 Å². The van der Waals surface area contributed by atoms with E-state index in [-0.39, 0.29) is 11.8 Å². The molecule has 2 heterocycles. The number of hydrogen-bond donors (Lipinski definition) is 1. The summed E-state index contributed by atoms with van der Waals surface area (Å²) in [4.78, 5) is 16.3. The third kappa shape index (κ3) is 1.91. The molecule has 3 unspecified atom stereocenters. The van der Waals surface area contributed by atoms with Crippen molar-refractivity contribution in [2.45, 2.75) is 18.4 Å². The molecule has 0 radical (unpaired) electrons. The molecule has 1 fully saturated rings. The molecule has 1 aromatic rings. The molecule has 3 rings (SSSR count). The smallest absolute Gasteiger partial charge is 0.311 e. The number of carboxylic acid groups (broad SMARTS) is 1. The topological polar surface area (TPSA) is 43.8 Å². The van der Waals surface area contributed by atoms with Crippen LogP contribution in [0.1, 0.15) is 17.9 Å². The molecule has 0 aromatic heterocycles. The van der Waals surface area contributed by atoms with Crippen molar-refractivity contribution in [2.24, 2.45) is 5.92 Å². The first-order chi connectivity index (χ1) is 9.09. The van der Waals surface area contributed by atoms with Gasteiger partial charge in [0.25, 0.3) is 0 Å². The third-order valence-electron chi connectivity index (χ3n) is 4.67. The van der Waals surface area contributed by atoms with Gasteiger partial charge >= 0.3 is 5.97 Å². The van der Waals surface area contributed by atoms with Crippen LogP contribution in [-0.2, 0) is 4.79 Å². The molecule has 1 saturated heterocycles. The summed E-state index contributed by atoms with van der Waals surface area (Å²) in [6, 6.07) is 8.28. The minimum absolute atomic E-state index is 0.177. The van der Waals surface area contributed by atoms with Crippen LogP contribution in [0.4, 0.5) is 5.69 Å². The highest BCUT2D eigenvalue weighted by molar-refractivity contribution is 5.81. The summed E-state index contributed by atoms with van der Waals surface area (Å²) >= 11 is 0. The van der Waals surface area contributed by atoms with Crippen LogP contribution >= 0.6 is 0 Å². The second-order valence-electron chi connectivity index (χ2n) is 5.77. The Balaban J connectivity index is 2.09. The average molecular weight is 260 g/mol. The Morgan fingerprint density at radius 3 is 2.79 bits per heavy atom. The number of benzene rings is 1. The van der Waals surface area contributed by atoms with Gasteiger partial charge in [-0.1, -0.05) is 18.2 Å². The van der Waals surface area contributed by atoms with E-state index in [9.17, 15) is 9.90 Å². The summed E-state index contributed by atoms with van der Waals surface area (Å²) in [5, 5.41) is 9.66. The minimum Gasteiger partial charge on any atom is -0.481 e. The molecule has 2 aliphatic rings. The summed E-state index contributed by atoms with van der Waals surface area (Å²) in [6.07, 6.45) is 1.04. The number of likely N-dealkylation sites (tertiary alicyclic amines) is 1. The van der Waals surface area contributed by atoms with Crippen LogP contribution in [0.5, 0.6) is 0 Å². The Hall–Kier alpha value is -1.55. The molecule has 19 heavy (non-hydrogen) atoms. The number of nitrogens with zero attached hydrogens (tertiary/aromatic N) is 2. The normalized spacial score (nSPS) is 30.6. The number of carboxylic acids is 1. The number of carbonyl (C=O) groups is 1. The lowest BCUT2D eigenvalue weighted by molar-refractivity contribution is -0.141. The maximum Gasteiger partial charge on any atom is 0.311 e. The first-order valence-electron chi connectivity index (χ1n) is 6.82. The molecule has 0 spiro atoms. The molecule has 1 N–H and O–H groups in total. The van der Waals surface area contributed by atoms with Crippen LogP contribution in [0.3, 0.4) is 0 Å². The second-order valence-corrected chi connectivity index (χ2v) is 5.77. The Labute approximate surface area is 113 Å². The number of hydrogen-bond acceptors (Lipinski definition) is 3. The predicted molar refractivity (Wildman–Crippen MR) is 74.6 cm³/mol. The maximum atomic E-state index is 11.7. The lowest BCUT2D eigenvalue weighted by Crippen LogP contribution is -2.55. The number of rotatable bonds is 1. The first-order valence-corrected chi connectivity index (χ1v) is 6.82. The summed E-state index contributed by atoms with van der Waals surface area (Å²) in [7, 11) is 4.18. The zero-order valence-electron chi connectivity index (χ0n) is 11.4. The van der Waals surface area contributed by atoms with Gasteiger partial charge in [-0.3, -0.25) is 4.79 Å². The molecule has 4 heteroatoms. The highest BCUT2D eigenvalue weighted by Crippen LogP contribution is 2.44. The Morgan fingerprint density at radius 1 is 1.32 bits per heavy atom. The van der Waals surface area contributed by atoms with Crippen LogP contribution in [0, 0.1) is 5.92 Å². The Morgan fingerprint density at radius 2 is 2.05 bits per heavy atom. The summed E-state index contributed by atoms with van der Waals surface area (Å²) < 4.78 is 0. The monoisotopic (exact) mass is 260 g/mol. The summed E-state index contributed by atoms with van der Waals surface area (Å²) in [5.74, 6) is -0.887. The molecule has 3 atom stereocenters. The molecule has 0 saturated carbocycles. The maximum absolute atomic E-state index is 11.7. The van der Waals surface area contributed by atoms with Crippen LogP contribution in [-0.4, -0.2) is 49.2 Å². The van der Waals surface area contributed by atoms with Gasteiger partial charge in [0.15, 0.2) is 0 Å². The van der Waals surface area contributed by atoms with Gasteiger partial charge in [-0.25, -0.2) is 0 Å². The van der Waals surface area contributed by atoms with Crippen molar-refractivity contribution in [3.05, 3.63) is 29.8 Å². The Bertz CT molecular complexity index is 503. The molecule has 1 aromatic carbocycles. The molecular weight excluding hydrogens is 240 g/mol. The first kappa shape index (κ1) is 12.5. The van der Waals surface area contributed by atoms with Crippen molar-refractivity contribution in [1.82, 2.24) is 4.90 Å². The molecule has 0 aliphatic carbocycles. The quantitative estimate of drug-likeness (QED) is 0.833. The Kier molecular flexibility index (Phi) is 2.97. The van der Waals surface area contributed by atoms with Crippen LogP contribution in [0.2, 0.25) is 0 Å². The SMILES string of the molecule is CN1CCC2C(C1)C(C(=O)O)c1ccccc1N2C. The van der Waals surface area contributed by atoms with Crippen molar-refractivity contribution in [1.29, 1.82) is 0 Å². The standard InChI is InChI=1S/C15H20N2O2/c1-16-8-7-13-11(9-16)14(15(18)19)10-5-3-4-6-12(10)17(13)2/h3-6,11,13-14H,7-9H2,1-2H3,(H,18,19). The van der Waals surface area contributed by atoms with Crippen LogP contribution in [0.25, 0.3) is 0 Å². The van der Waals surface area contributed by atoms with Crippen LogP contribution < -0.4 is 4.90 Å². The van der Waals surface area contributed by atoms with E-state index < -0.39 is 5.97 Å². The fourth-order valence-corrected chi connectivity index (χ4v) is 3.75. The van der Waals surface area contributed by atoms with Gasteiger partial charge in [0.1, 0.15) is 0 Å². The molecule has 0 bridgehead atoms. The lowest BCUT2D eigenvalue weighted by atomic mass is 9.73. The van der Waals surface area contributed by atoms with E-state index in [1.807, 2.05) is 24.3 Å². The van der Waals surface area contributed by atoms with Gasteiger partial charge in [0.2, 0.25) is 0 Å². The van der Waals surface area contributed by atoms with Crippen molar-refractivity contribution in [2.75, 3.05) is 32.1 Å². The highest BCUT2D eigenvalue weighted by Gasteiger charge is 2.45. The number of para-hydroxylation sites is 1. The molecule has 4 nitrogen and oxygen atoms in total. The molecular formula is C15H20N2O2. The van der Waals surface area contributed by atoms with E-state index in [1.54, 1.807) is 0 Å². The van der Waals surface area contributed by atoms with Gasteiger partial charge in [-0.2, -0.15) is 0 Å². The van der Waals surface area contributed by atoms with E-state index in [4.69, 9.17) is 0 Å². The number of fused-ring (bicyclic) bond motifs is 2. The van der Waals surface area contributed by atoms with Gasteiger partial charge in [-0.15, -0.1) is 0 Å². The van der Waals surface area contributed by atoms with Crippen molar-refractivity contribution in [3.63, 3.8) is 0 Å². The van der Waals surface area contributed by atoms with Crippen LogP contribution in [0.15, 0.2) is 24.3 Å². The van der Waals surface area contributed by atoms with E-state index >= 15 is 0 Å². The summed E-state index contributed by atoms with van der Waals surface area (Å²) in [6.45, 7) is 1.90. The van der Waals surface area contributed by atoms with Gasteiger partial charge in [0, 0.05) is 31.2 Å². The number of anilines is 1. The number of aliphatic carboxylic acids is 1.